The third-order valence-corrected chi connectivity index (χ3v) is 4.36. The van der Waals surface area contributed by atoms with Crippen LogP contribution in [0.5, 0.6) is 0 Å². The molecule has 1 N–H and O–H groups in total. The average Bonchev–Trinajstić information content (AvgIpc) is 2.16. The monoisotopic (exact) mass is 188 g/mol. The molecule has 4 aliphatic rings. The van der Waals surface area contributed by atoms with E-state index in [-0.39, 0.29) is 0 Å². The summed E-state index contributed by atoms with van der Waals surface area (Å²) in [6.07, 6.45) is 11.3. The maximum Gasteiger partial charge on any atom is 0.0470 e. The van der Waals surface area contributed by atoms with Gasteiger partial charge in [0.2, 0.25) is 0 Å². The molecule has 0 saturated heterocycles. The SMILES string of the molecule is C=CC1[C@@H](CO)[C@H]2C=C[C@@H]1[C@@H]1C=C[C@@H]12. The van der Waals surface area contributed by atoms with Gasteiger partial charge in [-0.15, -0.1) is 6.58 Å². The first kappa shape index (κ1) is 8.49. The summed E-state index contributed by atoms with van der Waals surface area (Å²) in [5, 5.41) is 9.44. The minimum absolute atomic E-state index is 0.305. The van der Waals surface area contributed by atoms with E-state index in [0.717, 1.165) is 5.92 Å². The van der Waals surface area contributed by atoms with Gasteiger partial charge in [0.25, 0.3) is 0 Å². The number of aliphatic hydroxyl groups is 1. The maximum absolute atomic E-state index is 9.44. The van der Waals surface area contributed by atoms with Gasteiger partial charge in [-0.3, -0.25) is 0 Å². The second kappa shape index (κ2) is 2.83. The van der Waals surface area contributed by atoms with Gasteiger partial charge in [0, 0.05) is 6.61 Å². The van der Waals surface area contributed by atoms with Gasteiger partial charge in [0.15, 0.2) is 0 Å². The molecule has 14 heavy (non-hydrogen) atoms. The van der Waals surface area contributed by atoms with Crippen LogP contribution in [0, 0.1) is 35.5 Å². The van der Waals surface area contributed by atoms with E-state index in [1.54, 1.807) is 0 Å². The van der Waals surface area contributed by atoms with Gasteiger partial charge in [-0.05, 0) is 35.5 Å². The molecule has 0 aromatic heterocycles. The zero-order chi connectivity index (χ0) is 9.71. The molecule has 4 aliphatic carbocycles. The van der Waals surface area contributed by atoms with Gasteiger partial charge >= 0.3 is 0 Å². The second-order valence-corrected chi connectivity index (χ2v) is 4.74. The van der Waals surface area contributed by atoms with Crippen LogP contribution in [0.3, 0.4) is 0 Å². The van der Waals surface area contributed by atoms with E-state index in [1.807, 2.05) is 6.08 Å². The topological polar surface area (TPSA) is 20.2 Å². The van der Waals surface area contributed by atoms with E-state index in [0.29, 0.717) is 36.2 Å². The summed E-state index contributed by atoms with van der Waals surface area (Å²) in [5.74, 6) is 3.50. The highest BCUT2D eigenvalue weighted by Crippen LogP contribution is 2.55. The highest BCUT2D eigenvalue weighted by molar-refractivity contribution is 5.28. The number of hydrogen-bond acceptors (Lipinski definition) is 1. The highest BCUT2D eigenvalue weighted by atomic mass is 16.3. The Morgan fingerprint density at radius 1 is 1.00 bits per heavy atom. The van der Waals surface area contributed by atoms with E-state index in [1.165, 1.54) is 0 Å². The van der Waals surface area contributed by atoms with E-state index >= 15 is 0 Å². The van der Waals surface area contributed by atoms with Crippen LogP contribution in [0.4, 0.5) is 0 Å². The standard InChI is InChI=1S/C13H16O/c1-2-8-9-3-6-12(13(8)7-14)11-5-4-10(9)11/h2-6,8-14H,1,7H2/t8?,9-,10-,11-,12-,13+/m0/s1. The molecule has 0 radical (unpaired) electrons. The molecule has 1 heteroatoms. The van der Waals surface area contributed by atoms with Crippen LogP contribution < -0.4 is 0 Å². The summed E-state index contributed by atoms with van der Waals surface area (Å²) in [4.78, 5) is 0. The van der Waals surface area contributed by atoms with Crippen LogP contribution in [0.25, 0.3) is 0 Å². The molecule has 1 saturated carbocycles. The molecule has 0 amide bonds. The Labute approximate surface area is 84.8 Å². The third kappa shape index (κ3) is 0.838. The summed E-state index contributed by atoms with van der Waals surface area (Å²) in [6, 6.07) is 0. The number of hydrogen-bond donors (Lipinski definition) is 1. The van der Waals surface area contributed by atoms with Gasteiger partial charge in [0.1, 0.15) is 0 Å². The van der Waals surface area contributed by atoms with E-state index < -0.39 is 0 Å². The van der Waals surface area contributed by atoms with Crippen molar-refractivity contribution >= 4 is 0 Å². The molecule has 1 fully saturated rings. The van der Waals surface area contributed by atoms with E-state index in [9.17, 15) is 5.11 Å². The molecular formula is C13H16O. The average molecular weight is 188 g/mol. The maximum atomic E-state index is 9.44. The minimum atomic E-state index is 0.305. The first-order chi connectivity index (χ1) is 6.86. The number of rotatable bonds is 2. The van der Waals surface area contributed by atoms with Crippen molar-refractivity contribution in [3.8, 4) is 0 Å². The van der Waals surface area contributed by atoms with Crippen LogP contribution in [0.1, 0.15) is 0 Å². The van der Waals surface area contributed by atoms with Gasteiger partial charge in [-0.1, -0.05) is 30.4 Å². The smallest absolute Gasteiger partial charge is 0.0470 e. The van der Waals surface area contributed by atoms with E-state index in [4.69, 9.17) is 0 Å². The van der Waals surface area contributed by atoms with Crippen molar-refractivity contribution in [1.29, 1.82) is 0 Å². The Kier molecular flexibility index (Phi) is 1.72. The molecule has 0 aliphatic heterocycles. The molecule has 2 bridgehead atoms. The van der Waals surface area contributed by atoms with Crippen LogP contribution in [-0.2, 0) is 0 Å². The molecule has 0 aromatic carbocycles. The molecule has 0 spiro atoms. The van der Waals surface area contributed by atoms with Gasteiger partial charge in [-0.25, -0.2) is 0 Å². The van der Waals surface area contributed by atoms with Crippen molar-refractivity contribution < 1.29 is 5.11 Å². The summed E-state index contributed by atoms with van der Waals surface area (Å²) >= 11 is 0. The molecule has 6 atom stereocenters. The fourth-order valence-corrected chi connectivity index (χ4v) is 3.58. The molecule has 1 unspecified atom stereocenters. The summed E-state index contributed by atoms with van der Waals surface area (Å²) in [7, 11) is 0. The Hall–Kier alpha value is -0.820. The first-order valence-corrected chi connectivity index (χ1v) is 5.47. The third-order valence-electron chi connectivity index (χ3n) is 4.36. The van der Waals surface area contributed by atoms with Crippen molar-refractivity contribution in [3.05, 3.63) is 37.0 Å². The second-order valence-electron chi connectivity index (χ2n) is 4.74. The van der Waals surface area contributed by atoms with Crippen molar-refractivity contribution in [3.63, 3.8) is 0 Å². The van der Waals surface area contributed by atoms with Crippen molar-refractivity contribution in [2.24, 2.45) is 35.5 Å². The molecule has 1 nitrogen and oxygen atoms in total. The molecule has 0 aromatic rings. The van der Waals surface area contributed by atoms with Crippen molar-refractivity contribution in [2.45, 2.75) is 0 Å². The largest absolute Gasteiger partial charge is 0.396 e. The molecule has 4 rings (SSSR count). The lowest BCUT2D eigenvalue weighted by molar-refractivity contribution is 0.0239. The Morgan fingerprint density at radius 3 is 2.14 bits per heavy atom. The zero-order valence-electron chi connectivity index (χ0n) is 8.21. The van der Waals surface area contributed by atoms with Crippen LogP contribution in [0.15, 0.2) is 37.0 Å². The Balaban J connectivity index is 2.00. The molecule has 0 heterocycles. The van der Waals surface area contributed by atoms with Crippen LogP contribution in [-0.4, -0.2) is 11.7 Å². The van der Waals surface area contributed by atoms with Crippen molar-refractivity contribution in [1.82, 2.24) is 0 Å². The summed E-state index contributed by atoms with van der Waals surface area (Å²) in [5.41, 5.74) is 0. The predicted octanol–water partition coefficient (Wildman–Crippen LogP) is 2.02. The Morgan fingerprint density at radius 2 is 1.57 bits per heavy atom. The van der Waals surface area contributed by atoms with Crippen LogP contribution >= 0.6 is 0 Å². The predicted molar refractivity (Wildman–Crippen MR) is 56.5 cm³/mol. The lowest BCUT2D eigenvalue weighted by Crippen LogP contribution is -2.50. The number of allylic oxidation sites excluding steroid dienone is 5. The lowest BCUT2D eigenvalue weighted by Gasteiger charge is -2.54. The minimum Gasteiger partial charge on any atom is -0.396 e. The fraction of sp³-hybridized carbons (Fsp3) is 0.538. The summed E-state index contributed by atoms with van der Waals surface area (Å²) < 4.78 is 0. The molecular weight excluding hydrogens is 172 g/mol. The van der Waals surface area contributed by atoms with Gasteiger partial charge in [-0.2, -0.15) is 0 Å². The van der Waals surface area contributed by atoms with Crippen LogP contribution in [0.2, 0.25) is 0 Å². The highest BCUT2D eigenvalue weighted by Gasteiger charge is 2.50. The Bertz CT molecular complexity index is 315. The van der Waals surface area contributed by atoms with E-state index in [2.05, 4.69) is 30.9 Å². The quantitative estimate of drug-likeness (QED) is 0.657. The summed E-state index contributed by atoms with van der Waals surface area (Å²) in [6.45, 7) is 4.22. The van der Waals surface area contributed by atoms with Crippen molar-refractivity contribution in [2.75, 3.05) is 6.61 Å². The zero-order valence-corrected chi connectivity index (χ0v) is 8.21. The lowest BCUT2D eigenvalue weighted by atomic mass is 9.50. The van der Waals surface area contributed by atoms with Gasteiger partial charge < -0.3 is 5.11 Å². The normalized spacial score (nSPS) is 52.6. The molecule has 74 valence electrons. The first-order valence-electron chi connectivity index (χ1n) is 5.47. The number of aliphatic hydroxyl groups excluding tert-OH is 1. The number of fused-ring (bicyclic) bond motifs is 1. The fourth-order valence-electron chi connectivity index (χ4n) is 3.58. The van der Waals surface area contributed by atoms with Gasteiger partial charge in [0.05, 0.1) is 0 Å².